The molecule has 0 radical (unpaired) electrons. The predicted octanol–water partition coefficient (Wildman–Crippen LogP) is 3.55. The molecule has 1 saturated heterocycles. The fourth-order valence-corrected chi connectivity index (χ4v) is 3.78. The summed E-state index contributed by atoms with van der Waals surface area (Å²) in [6.45, 7) is 10.5. The fourth-order valence-electron chi connectivity index (χ4n) is 3.78. The number of rotatable bonds is 3. The average Bonchev–Trinajstić information content (AvgIpc) is 2.78. The van der Waals surface area contributed by atoms with Gasteiger partial charge in [0.25, 0.3) is 0 Å². The lowest BCUT2D eigenvalue weighted by Crippen LogP contribution is -2.39. The van der Waals surface area contributed by atoms with E-state index in [1.54, 1.807) is 4.57 Å². The molecule has 0 aliphatic carbocycles. The molecule has 0 N–H and O–H groups in total. The minimum Gasteiger partial charge on any atom is -0.354 e. The average molecular weight is 330 g/mol. The quantitative estimate of drug-likeness (QED) is 0.864. The summed E-state index contributed by atoms with van der Waals surface area (Å²) in [6, 6.07) is 4.73. The van der Waals surface area contributed by atoms with Crippen LogP contribution in [0, 0.1) is 5.41 Å². The zero-order valence-electron chi connectivity index (χ0n) is 15.7. The molecule has 0 saturated carbocycles. The molecule has 1 atom stereocenters. The topological polar surface area (TPSA) is 43.1 Å². The van der Waals surface area contributed by atoms with Crippen LogP contribution >= 0.6 is 0 Å². The maximum Gasteiger partial charge on any atom is 0.330 e. The fraction of sp³-hybridized carbons (Fsp3) is 0.684. The minimum atomic E-state index is 0.0234. The van der Waals surface area contributed by atoms with E-state index >= 15 is 0 Å². The van der Waals surface area contributed by atoms with Crippen LogP contribution in [0.2, 0.25) is 0 Å². The lowest BCUT2D eigenvalue weighted by atomic mass is 9.97. The Labute approximate surface area is 144 Å². The van der Waals surface area contributed by atoms with Crippen molar-refractivity contribution < 1.29 is 0 Å². The van der Waals surface area contributed by atoms with Crippen molar-refractivity contribution in [3.05, 3.63) is 22.6 Å². The van der Waals surface area contributed by atoms with E-state index in [9.17, 15) is 4.79 Å². The molecular weight excluding hydrogens is 300 g/mol. The van der Waals surface area contributed by atoms with Crippen LogP contribution in [0.15, 0.2) is 16.9 Å². The summed E-state index contributed by atoms with van der Waals surface area (Å²) in [5, 5.41) is 0. The van der Waals surface area contributed by atoms with Crippen LogP contribution in [0.1, 0.15) is 53.4 Å². The molecule has 0 bridgehead atoms. The molecule has 3 rings (SSSR count). The first-order valence-electron chi connectivity index (χ1n) is 9.15. The van der Waals surface area contributed by atoms with Crippen molar-refractivity contribution in [1.82, 2.24) is 14.1 Å². The largest absolute Gasteiger partial charge is 0.354 e. The van der Waals surface area contributed by atoms with Gasteiger partial charge in [0.05, 0.1) is 5.52 Å². The first-order valence-corrected chi connectivity index (χ1v) is 9.15. The summed E-state index contributed by atoms with van der Waals surface area (Å²) >= 11 is 0. The van der Waals surface area contributed by atoms with Crippen molar-refractivity contribution in [3.8, 4) is 0 Å². The van der Waals surface area contributed by atoms with Gasteiger partial charge in [0.2, 0.25) is 0 Å². The first-order chi connectivity index (χ1) is 11.3. The number of aryl methyl sites for hydroxylation is 1. The summed E-state index contributed by atoms with van der Waals surface area (Å²) in [5.74, 6) is 1.01. The van der Waals surface area contributed by atoms with Crippen LogP contribution in [0.3, 0.4) is 0 Å². The van der Waals surface area contributed by atoms with Gasteiger partial charge in [-0.25, -0.2) is 9.78 Å². The SMILES string of the molecule is CCC1CCCCN1c1ccc2c(n1)n(C)c(=O)n2CC(C)(C)C. The Morgan fingerprint density at radius 2 is 2.00 bits per heavy atom. The molecule has 0 spiro atoms. The molecule has 3 heterocycles. The Kier molecular flexibility index (Phi) is 4.45. The minimum absolute atomic E-state index is 0.0234. The summed E-state index contributed by atoms with van der Waals surface area (Å²) in [4.78, 5) is 19.9. The molecule has 2 aromatic heterocycles. The van der Waals surface area contributed by atoms with Gasteiger partial charge in [-0.15, -0.1) is 0 Å². The zero-order chi connectivity index (χ0) is 17.5. The third-order valence-electron chi connectivity index (χ3n) is 4.99. The monoisotopic (exact) mass is 330 g/mol. The van der Waals surface area contributed by atoms with Gasteiger partial charge in [-0.3, -0.25) is 9.13 Å². The van der Waals surface area contributed by atoms with Gasteiger partial charge in [0.15, 0.2) is 5.65 Å². The van der Waals surface area contributed by atoms with E-state index in [0.717, 1.165) is 29.9 Å². The molecular formula is C19H30N4O. The van der Waals surface area contributed by atoms with Gasteiger partial charge in [0, 0.05) is 26.2 Å². The van der Waals surface area contributed by atoms with Gasteiger partial charge < -0.3 is 4.90 Å². The predicted molar refractivity (Wildman–Crippen MR) is 99.7 cm³/mol. The highest BCUT2D eigenvalue weighted by atomic mass is 16.1. The van der Waals surface area contributed by atoms with Crippen LogP contribution in [0.25, 0.3) is 11.2 Å². The van der Waals surface area contributed by atoms with Gasteiger partial charge in [-0.1, -0.05) is 27.7 Å². The second kappa shape index (κ2) is 6.26. The van der Waals surface area contributed by atoms with Crippen LogP contribution in [-0.2, 0) is 13.6 Å². The van der Waals surface area contributed by atoms with Crippen molar-refractivity contribution in [2.75, 3.05) is 11.4 Å². The molecule has 5 heteroatoms. The standard InChI is InChI=1S/C19H30N4O/c1-6-14-9-7-8-12-22(14)16-11-10-15-17(20-16)21(5)18(24)23(15)13-19(2,3)4/h10-11,14H,6-9,12-13H2,1-5H3. The molecule has 24 heavy (non-hydrogen) atoms. The maximum atomic E-state index is 12.6. The number of pyridine rings is 1. The molecule has 1 aliphatic rings. The van der Waals surface area contributed by atoms with Crippen LogP contribution in [0.5, 0.6) is 0 Å². The maximum absolute atomic E-state index is 12.6. The number of hydrogen-bond acceptors (Lipinski definition) is 3. The van der Waals surface area contributed by atoms with Gasteiger partial charge >= 0.3 is 5.69 Å². The van der Waals surface area contributed by atoms with Crippen LogP contribution in [-0.4, -0.2) is 26.7 Å². The third kappa shape index (κ3) is 3.08. The van der Waals surface area contributed by atoms with E-state index in [1.165, 1.54) is 19.3 Å². The summed E-state index contributed by atoms with van der Waals surface area (Å²) in [6.07, 6.45) is 4.90. The number of piperidine rings is 1. The zero-order valence-corrected chi connectivity index (χ0v) is 15.7. The Balaban J connectivity index is 2.06. The highest BCUT2D eigenvalue weighted by Gasteiger charge is 2.24. The normalized spacial score (nSPS) is 19.2. The van der Waals surface area contributed by atoms with E-state index in [4.69, 9.17) is 4.98 Å². The molecule has 2 aromatic rings. The second-order valence-electron chi connectivity index (χ2n) is 8.25. The van der Waals surface area contributed by atoms with E-state index in [2.05, 4.69) is 44.7 Å². The Morgan fingerprint density at radius 3 is 2.67 bits per heavy atom. The molecule has 1 unspecified atom stereocenters. The molecule has 1 aliphatic heterocycles. The number of nitrogens with zero attached hydrogens (tertiary/aromatic N) is 4. The Hall–Kier alpha value is -1.78. The number of imidazole rings is 1. The van der Waals surface area contributed by atoms with Gasteiger partial charge in [-0.2, -0.15) is 0 Å². The third-order valence-corrected chi connectivity index (χ3v) is 4.99. The first kappa shape index (κ1) is 17.1. The number of fused-ring (bicyclic) bond motifs is 1. The molecule has 0 amide bonds. The van der Waals surface area contributed by atoms with Crippen LogP contribution in [0.4, 0.5) is 5.82 Å². The van der Waals surface area contributed by atoms with Crippen molar-refractivity contribution in [2.24, 2.45) is 12.5 Å². The van der Waals surface area contributed by atoms with Crippen molar-refractivity contribution >= 4 is 17.0 Å². The van der Waals surface area contributed by atoms with Crippen molar-refractivity contribution in [3.63, 3.8) is 0 Å². The Bertz CT molecular complexity index is 781. The van der Waals surface area contributed by atoms with Crippen molar-refractivity contribution in [1.29, 1.82) is 0 Å². The van der Waals surface area contributed by atoms with Gasteiger partial charge in [-0.05, 0) is 43.2 Å². The summed E-state index contributed by atoms with van der Waals surface area (Å²) < 4.78 is 3.55. The smallest absolute Gasteiger partial charge is 0.330 e. The number of anilines is 1. The highest BCUT2D eigenvalue weighted by Crippen LogP contribution is 2.27. The van der Waals surface area contributed by atoms with Crippen molar-refractivity contribution in [2.45, 2.75) is 66.0 Å². The van der Waals surface area contributed by atoms with Gasteiger partial charge in [0.1, 0.15) is 5.82 Å². The van der Waals surface area contributed by atoms with E-state index in [-0.39, 0.29) is 11.1 Å². The molecule has 0 aromatic carbocycles. The lowest BCUT2D eigenvalue weighted by Gasteiger charge is -2.36. The molecule has 1 fully saturated rings. The molecule has 5 nitrogen and oxygen atoms in total. The second-order valence-corrected chi connectivity index (χ2v) is 8.25. The van der Waals surface area contributed by atoms with E-state index < -0.39 is 0 Å². The van der Waals surface area contributed by atoms with E-state index in [1.807, 2.05) is 11.6 Å². The Morgan fingerprint density at radius 1 is 1.25 bits per heavy atom. The van der Waals surface area contributed by atoms with E-state index in [0.29, 0.717) is 12.6 Å². The number of aromatic nitrogens is 3. The summed E-state index contributed by atoms with van der Waals surface area (Å²) in [7, 11) is 1.83. The number of hydrogen-bond donors (Lipinski definition) is 0. The summed E-state index contributed by atoms with van der Waals surface area (Å²) in [5.41, 5.74) is 1.81. The highest BCUT2D eigenvalue weighted by molar-refractivity contribution is 5.74. The molecule has 132 valence electrons. The lowest BCUT2D eigenvalue weighted by molar-refractivity contribution is 0.342. The van der Waals surface area contributed by atoms with Crippen LogP contribution < -0.4 is 10.6 Å².